The zero-order chi connectivity index (χ0) is 17.1. The molecule has 1 atom stereocenters. The van der Waals surface area contributed by atoms with Crippen molar-refractivity contribution in [2.24, 2.45) is 5.92 Å². The number of likely N-dealkylation sites (tertiary alicyclic amines) is 1. The van der Waals surface area contributed by atoms with Crippen LogP contribution in [0.25, 0.3) is 0 Å². The van der Waals surface area contributed by atoms with Crippen LogP contribution in [0.1, 0.15) is 50.3 Å². The molecule has 3 rings (SSSR count). The Labute approximate surface area is 146 Å². The van der Waals surface area contributed by atoms with E-state index >= 15 is 0 Å². The molecule has 1 saturated heterocycles. The van der Waals surface area contributed by atoms with Gasteiger partial charge >= 0.3 is 6.03 Å². The van der Waals surface area contributed by atoms with Crippen LogP contribution in [0.15, 0.2) is 24.3 Å². The molecular formula is C20H31N3O. The van der Waals surface area contributed by atoms with Gasteiger partial charge in [0.15, 0.2) is 0 Å². The molecule has 0 spiro atoms. The van der Waals surface area contributed by atoms with Crippen LogP contribution < -0.4 is 5.32 Å². The molecule has 2 aliphatic rings. The Morgan fingerprint density at radius 2 is 1.96 bits per heavy atom. The molecule has 132 valence electrons. The van der Waals surface area contributed by atoms with E-state index in [0.717, 1.165) is 38.8 Å². The standard InChI is InChI=1S/C20H31N3O/c1-15(2)14-23-12-10-17(11-13-23)21-20(24)22(3)19-9-8-16-6-4-5-7-18(16)19/h4-7,15,17,19H,8-14H2,1-3H3,(H,21,24)/t19-/m0/s1. The van der Waals surface area contributed by atoms with Crippen LogP contribution >= 0.6 is 0 Å². The fourth-order valence-electron chi connectivity index (χ4n) is 4.13. The predicted molar refractivity (Wildman–Crippen MR) is 98.1 cm³/mol. The highest BCUT2D eigenvalue weighted by Crippen LogP contribution is 2.34. The summed E-state index contributed by atoms with van der Waals surface area (Å²) in [6.07, 6.45) is 4.24. The van der Waals surface area contributed by atoms with Gasteiger partial charge in [-0.3, -0.25) is 0 Å². The maximum Gasteiger partial charge on any atom is 0.317 e. The van der Waals surface area contributed by atoms with E-state index in [1.165, 1.54) is 17.7 Å². The van der Waals surface area contributed by atoms with E-state index in [0.29, 0.717) is 12.0 Å². The van der Waals surface area contributed by atoms with Gasteiger partial charge < -0.3 is 15.1 Å². The monoisotopic (exact) mass is 329 g/mol. The van der Waals surface area contributed by atoms with Crippen molar-refractivity contribution in [2.45, 2.75) is 51.6 Å². The van der Waals surface area contributed by atoms with Crippen molar-refractivity contribution in [1.82, 2.24) is 15.1 Å². The number of fused-ring (bicyclic) bond motifs is 1. The Hall–Kier alpha value is -1.55. The first-order valence-corrected chi connectivity index (χ1v) is 9.38. The molecule has 1 aliphatic carbocycles. The van der Waals surface area contributed by atoms with Crippen LogP contribution in [0.2, 0.25) is 0 Å². The second-order valence-electron chi connectivity index (χ2n) is 7.78. The highest BCUT2D eigenvalue weighted by atomic mass is 16.2. The number of benzene rings is 1. The lowest BCUT2D eigenvalue weighted by Gasteiger charge is -2.35. The summed E-state index contributed by atoms with van der Waals surface area (Å²) in [5.41, 5.74) is 2.71. The first kappa shape index (κ1) is 17.3. The van der Waals surface area contributed by atoms with Gasteiger partial charge in [-0.05, 0) is 42.7 Å². The predicted octanol–water partition coefficient (Wildman–Crippen LogP) is 3.44. The molecule has 1 fully saturated rings. The molecule has 0 unspecified atom stereocenters. The molecule has 0 saturated carbocycles. The molecule has 1 N–H and O–H groups in total. The topological polar surface area (TPSA) is 35.6 Å². The molecule has 4 nitrogen and oxygen atoms in total. The van der Waals surface area contributed by atoms with Crippen LogP contribution in [0, 0.1) is 5.92 Å². The number of carbonyl (C=O) groups is 1. The Balaban J connectivity index is 1.51. The van der Waals surface area contributed by atoms with Gasteiger partial charge in [-0.25, -0.2) is 4.79 Å². The quantitative estimate of drug-likeness (QED) is 0.918. The second kappa shape index (κ2) is 7.56. The Bertz CT molecular complexity index is 564. The van der Waals surface area contributed by atoms with Gasteiger partial charge in [0, 0.05) is 32.7 Å². The highest BCUT2D eigenvalue weighted by molar-refractivity contribution is 5.75. The highest BCUT2D eigenvalue weighted by Gasteiger charge is 2.30. The van der Waals surface area contributed by atoms with Crippen molar-refractivity contribution in [1.29, 1.82) is 0 Å². The molecule has 0 bridgehead atoms. The van der Waals surface area contributed by atoms with E-state index in [1.807, 2.05) is 11.9 Å². The summed E-state index contributed by atoms with van der Waals surface area (Å²) in [5.74, 6) is 0.713. The summed E-state index contributed by atoms with van der Waals surface area (Å²) in [7, 11) is 1.94. The average Bonchev–Trinajstić information content (AvgIpc) is 2.99. The molecule has 1 aromatic rings. The normalized spacial score (nSPS) is 21.8. The summed E-state index contributed by atoms with van der Waals surface area (Å²) in [6, 6.07) is 9.15. The van der Waals surface area contributed by atoms with Crippen molar-refractivity contribution in [3.8, 4) is 0 Å². The zero-order valence-corrected chi connectivity index (χ0v) is 15.3. The van der Waals surface area contributed by atoms with Crippen LogP contribution in [0.3, 0.4) is 0 Å². The molecule has 1 aliphatic heterocycles. The molecule has 0 aromatic heterocycles. The third-order valence-electron chi connectivity index (χ3n) is 5.43. The number of nitrogens with zero attached hydrogens (tertiary/aromatic N) is 2. The summed E-state index contributed by atoms with van der Waals surface area (Å²) in [4.78, 5) is 17.1. The number of amides is 2. The minimum absolute atomic E-state index is 0.0824. The largest absolute Gasteiger partial charge is 0.335 e. The number of urea groups is 1. The zero-order valence-electron chi connectivity index (χ0n) is 15.3. The van der Waals surface area contributed by atoms with Crippen LogP contribution in [0.5, 0.6) is 0 Å². The lowest BCUT2D eigenvalue weighted by atomic mass is 10.0. The Kier molecular flexibility index (Phi) is 5.44. The molecule has 1 aromatic carbocycles. The van der Waals surface area contributed by atoms with Crippen LogP contribution in [0.4, 0.5) is 4.79 Å². The number of hydrogen-bond donors (Lipinski definition) is 1. The van der Waals surface area contributed by atoms with Crippen molar-refractivity contribution < 1.29 is 4.79 Å². The van der Waals surface area contributed by atoms with Gasteiger partial charge in [0.25, 0.3) is 0 Å². The lowest BCUT2D eigenvalue weighted by Crippen LogP contribution is -2.49. The van der Waals surface area contributed by atoms with Gasteiger partial charge in [0.1, 0.15) is 0 Å². The molecule has 2 amide bonds. The van der Waals surface area contributed by atoms with Crippen molar-refractivity contribution >= 4 is 6.03 Å². The molecular weight excluding hydrogens is 298 g/mol. The van der Waals surface area contributed by atoms with Gasteiger partial charge in [0.2, 0.25) is 0 Å². The summed E-state index contributed by atoms with van der Waals surface area (Å²) in [5, 5.41) is 3.26. The number of rotatable bonds is 4. The number of hydrogen-bond acceptors (Lipinski definition) is 2. The second-order valence-corrected chi connectivity index (χ2v) is 7.78. The SMILES string of the molecule is CC(C)CN1CCC(NC(=O)N(C)[C@H]2CCc3ccccc32)CC1. The molecule has 1 heterocycles. The van der Waals surface area contributed by atoms with E-state index in [9.17, 15) is 4.79 Å². The summed E-state index contributed by atoms with van der Waals surface area (Å²) >= 11 is 0. The van der Waals surface area contributed by atoms with Gasteiger partial charge in [-0.15, -0.1) is 0 Å². The van der Waals surface area contributed by atoms with E-state index in [2.05, 4.69) is 48.3 Å². The minimum Gasteiger partial charge on any atom is -0.335 e. The number of aryl methyl sites for hydroxylation is 1. The third-order valence-corrected chi connectivity index (χ3v) is 5.43. The Morgan fingerprint density at radius 3 is 2.67 bits per heavy atom. The first-order chi connectivity index (χ1) is 11.5. The summed E-state index contributed by atoms with van der Waals surface area (Å²) < 4.78 is 0. The molecule has 0 radical (unpaired) electrons. The van der Waals surface area contributed by atoms with E-state index in [4.69, 9.17) is 0 Å². The Morgan fingerprint density at radius 1 is 1.25 bits per heavy atom. The van der Waals surface area contributed by atoms with Crippen molar-refractivity contribution in [3.05, 3.63) is 35.4 Å². The van der Waals surface area contributed by atoms with Gasteiger partial charge in [0.05, 0.1) is 6.04 Å². The maximum atomic E-state index is 12.7. The number of nitrogens with one attached hydrogen (secondary N) is 1. The van der Waals surface area contributed by atoms with Crippen LogP contribution in [-0.4, -0.2) is 48.6 Å². The van der Waals surface area contributed by atoms with Crippen molar-refractivity contribution in [3.63, 3.8) is 0 Å². The van der Waals surface area contributed by atoms with Gasteiger partial charge in [-0.1, -0.05) is 38.1 Å². The van der Waals surface area contributed by atoms with Crippen molar-refractivity contribution in [2.75, 3.05) is 26.7 Å². The smallest absolute Gasteiger partial charge is 0.317 e. The number of piperidine rings is 1. The van der Waals surface area contributed by atoms with E-state index in [1.54, 1.807) is 0 Å². The molecule has 4 heteroatoms. The molecule has 24 heavy (non-hydrogen) atoms. The minimum atomic E-state index is 0.0824. The fraction of sp³-hybridized carbons (Fsp3) is 0.650. The number of carbonyl (C=O) groups excluding carboxylic acids is 1. The van der Waals surface area contributed by atoms with Gasteiger partial charge in [-0.2, -0.15) is 0 Å². The van der Waals surface area contributed by atoms with E-state index < -0.39 is 0 Å². The lowest BCUT2D eigenvalue weighted by molar-refractivity contribution is 0.160. The average molecular weight is 329 g/mol. The van der Waals surface area contributed by atoms with E-state index in [-0.39, 0.29) is 12.1 Å². The summed E-state index contributed by atoms with van der Waals surface area (Å²) in [6.45, 7) is 7.89. The fourth-order valence-corrected chi connectivity index (χ4v) is 4.13. The van der Waals surface area contributed by atoms with Crippen LogP contribution in [-0.2, 0) is 6.42 Å². The maximum absolute atomic E-state index is 12.7. The first-order valence-electron chi connectivity index (χ1n) is 9.38. The third kappa shape index (κ3) is 3.92.